The minimum absolute atomic E-state index is 0.0192. The maximum atomic E-state index is 12.8. The molecule has 0 aliphatic carbocycles. The Morgan fingerprint density at radius 2 is 2.00 bits per heavy atom. The first-order valence-electron chi connectivity index (χ1n) is 9.32. The van der Waals surface area contributed by atoms with Crippen LogP contribution in [0.5, 0.6) is 5.75 Å². The van der Waals surface area contributed by atoms with Crippen molar-refractivity contribution in [1.82, 2.24) is 10.0 Å². The highest BCUT2D eigenvalue weighted by Gasteiger charge is 2.21. The Balaban J connectivity index is 1.50. The quantitative estimate of drug-likeness (QED) is 0.604. The van der Waals surface area contributed by atoms with Gasteiger partial charge in [0.25, 0.3) is 5.91 Å². The van der Waals surface area contributed by atoms with E-state index in [0.29, 0.717) is 12.4 Å². The Morgan fingerprint density at radius 3 is 2.72 bits per heavy atom. The van der Waals surface area contributed by atoms with Crippen LogP contribution in [0, 0.1) is 5.82 Å². The van der Waals surface area contributed by atoms with E-state index in [1.807, 2.05) is 0 Å². The van der Waals surface area contributed by atoms with Crippen molar-refractivity contribution < 1.29 is 27.1 Å². The van der Waals surface area contributed by atoms with Crippen LogP contribution in [0.4, 0.5) is 4.39 Å². The van der Waals surface area contributed by atoms with Gasteiger partial charge in [0.05, 0.1) is 17.5 Å². The molecule has 9 heteroatoms. The third-order valence-electron chi connectivity index (χ3n) is 4.40. The number of rotatable bonds is 9. The Kier molecular flexibility index (Phi) is 7.18. The van der Waals surface area contributed by atoms with E-state index in [1.165, 1.54) is 48.5 Å². The van der Waals surface area contributed by atoms with E-state index in [4.69, 9.17) is 9.47 Å². The Labute approximate surface area is 169 Å². The molecule has 1 heterocycles. The van der Waals surface area contributed by atoms with Crippen LogP contribution < -0.4 is 14.8 Å². The normalized spacial score (nSPS) is 16.5. The molecule has 29 heavy (non-hydrogen) atoms. The monoisotopic (exact) mass is 422 g/mol. The molecule has 2 aromatic rings. The maximum absolute atomic E-state index is 12.8. The topological polar surface area (TPSA) is 93.7 Å². The van der Waals surface area contributed by atoms with Gasteiger partial charge in [-0.3, -0.25) is 4.79 Å². The number of carbonyl (C=O) groups is 1. The summed E-state index contributed by atoms with van der Waals surface area (Å²) in [5.74, 6) is -0.277. The van der Waals surface area contributed by atoms with E-state index in [2.05, 4.69) is 10.0 Å². The molecule has 1 aliphatic heterocycles. The van der Waals surface area contributed by atoms with Crippen molar-refractivity contribution in [3.63, 3.8) is 0 Å². The lowest BCUT2D eigenvalue weighted by Gasteiger charge is -2.12. The van der Waals surface area contributed by atoms with Gasteiger partial charge in [-0.15, -0.1) is 0 Å². The molecule has 0 spiro atoms. The molecule has 2 N–H and O–H groups in total. The summed E-state index contributed by atoms with van der Waals surface area (Å²) in [6.07, 6.45) is 1.63. The van der Waals surface area contributed by atoms with Crippen molar-refractivity contribution >= 4 is 15.9 Å². The molecule has 1 fully saturated rings. The minimum atomic E-state index is -3.73. The summed E-state index contributed by atoms with van der Waals surface area (Å²) in [4.78, 5) is 12.3. The number of amides is 1. The average molecular weight is 422 g/mol. The lowest BCUT2D eigenvalue weighted by atomic mass is 10.2. The lowest BCUT2D eigenvalue weighted by Crippen LogP contribution is -2.32. The molecule has 156 valence electrons. The number of carbonyl (C=O) groups excluding carboxylic acids is 1. The van der Waals surface area contributed by atoms with Gasteiger partial charge in [0.2, 0.25) is 10.0 Å². The summed E-state index contributed by atoms with van der Waals surface area (Å²) in [5.41, 5.74) is 0.228. The van der Waals surface area contributed by atoms with E-state index in [9.17, 15) is 17.6 Å². The van der Waals surface area contributed by atoms with Gasteiger partial charge in [-0.05, 0) is 55.3 Å². The predicted octanol–water partition coefficient (Wildman–Crippen LogP) is 2.09. The number of halogens is 1. The summed E-state index contributed by atoms with van der Waals surface area (Å²) in [7, 11) is -3.73. The molecule has 1 amide bonds. The molecule has 0 saturated carbocycles. The molecule has 2 aromatic carbocycles. The maximum Gasteiger partial charge on any atom is 0.251 e. The van der Waals surface area contributed by atoms with Crippen molar-refractivity contribution in [1.29, 1.82) is 0 Å². The molecule has 7 nitrogen and oxygen atoms in total. The summed E-state index contributed by atoms with van der Waals surface area (Å²) in [6, 6.07) is 11.4. The van der Waals surface area contributed by atoms with Gasteiger partial charge in [-0.25, -0.2) is 17.5 Å². The molecule has 0 bridgehead atoms. The summed E-state index contributed by atoms with van der Waals surface area (Å²) in [5, 5.41) is 2.66. The molecule has 1 saturated heterocycles. The van der Waals surface area contributed by atoms with E-state index in [0.717, 1.165) is 12.8 Å². The van der Waals surface area contributed by atoms with Crippen molar-refractivity contribution in [2.75, 3.05) is 26.3 Å². The first-order chi connectivity index (χ1) is 13.9. The van der Waals surface area contributed by atoms with E-state index >= 15 is 0 Å². The highest BCUT2D eigenvalue weighted by atomic mass is 32.2. The fourth-order valence-electron chi connectivity index (χ4n) is 2.86. The van der Waals surface area contributed by atoms with Gasteiger partial charge in [0.1, 0.15) is 18.2 Å². The van der Waals surface area contributed by atoms with E-state index in [1.54, 1.807) is 0 Å². The SMILES string of the molecule is O=C(NCCOc1ccc(F)cc1)c1cccc(S(=O)(=O)NCC2CCCO2)c1. The van der Waals surface area contributed by atoms with Crippen LogP contribution in [0.1, 0.15) is 23.2 Å². The van der Waals surface area contributed by atoms with Crippen molar-refractivity contribution in [2.24, 2.45) is 0 Å². The molecule has 1 atom stereocenters. The Hall–Kier alpha value is -2.49. The van der Waals surface area contributed by atoms with Crippen LogP contribution in [-0.4, -0.2) is 46.7 Å². The molecule has 0 aromatic heterocycles. The second-order valence-corrected chi connectivity index (χ2v) is 8.34. The van der Waals surface area contributed by atoms with Crippen LogP contribution in [0.15, 0.2) is 53.4 Å². The second-order valence-electron chi connectivity index (χ2n) is 6.57. The summed E-state index contributed by atoms with van der Waals surface area (Å²) in [6.45, 7) is 1.26. The fraction of sp³-hybridized carbons (Fsp3) is 0.350. The molecule has 0 radical (unpaired) electrons. The lowest BCUT2D eigenvalue weighted by molar-refractivity contribution is 0.0946. The minimum Gasteiger partial charge on any atom is -0.492 e. The smallest absolute Gasteiger partial charge is 0.251 e. The molecular formula is C20H23FN2O5S. The van der Waals surface area contributed by atoms with Crippen LogP contribution in [0.3, 0.4) is 0 Å². The highest BCUT2D eigenvalue weighted by molar-refractivity contribution is 7.89. The molecule has 3 rings (SSSR count). The number of hydrogen-bond acceptors (Lipinski definition) is 5. The van der Waals surface area contributed by atoms with Gasteiger partial charge < -0.3 is 14.8 Å². The molecule has 1 unspecified atom stereocenters. The van der Waals surface area contributed by atoms with Gasteiger partial charge in [0.15, 0.2) is 0 Å². The standard InChI is InChI=1S/C20H23FN2O5S/c21-16-6-8-17(9-7-16)28-12-10-22-20(24)15-3-1-5-19(13-15)29(25,26)23-14-18-4-2-11-27-18/h1,3,5-9,13,18,23H,2,4,10-12,14H2,(H,22,24). The second kappa shape index (κ2) is 9.82. The third kappa shape index (κ3) is 6.25. The number of hydrogen-bond donors (Lipinski definition) is 2. The van der Waals surface area contributed by atoms with Crippen LogP contribution in [-0.2, 0) is 14.8 Å². The van der Waals surface area contributed by atoms with Crippen LogP contribution in [0.25, 0.3) is 0 Å². The van der Waals surface area contributed by atoms with Gasteiger partial charge >= 0.3 is 0 Å². The van der Waals surface area contributed by atoms with Gasteiger partial charge in [-0.2, -0.15) is 0 Å². The predicted molar refractivity (Wildman–Crippen MR) is 105 cm³/mol. The zero-order valence-electron chi connectivity index (χ0n) is 15.8. The highest BCUT2D eigenvalue weighted by Crippen LogP contribution is 2.15. The zero-order valence-corrected chi connectivity index (χ0v) is 16.6. The van der Waals surface area contributed by atoms with Crippen molar-refractivity contribution in [3.8, 4) is 5.75 Å². The largest absolute Gasteiger partial charge is 0.492 e. The van der Waals surface area contributed by atoms with Gasteiger partial charge in [-0.1, -0.05) is 6.07 Å². The number of sulfonamides is 1. The number of nitrogens with one attached hydrogen (secondary N) is 2. The van der Waals surface area contributed by atoms with Crippen molar-refractivity contribution in [3.05, 3.63) is 59.9 Å². The summed E-state index contributed by atoms with van der Waals surface area (Å²) < 4.78 is 51.1. The Bertz CT molecular complexity index is 928. The third-order valence-corrected chi connectivity index (χ3v) is 5.82. The molecular weight excluding hydrogens is 399 g/mol. The van der Waals surface area contributed by atoms with Gasteiger partial charge in [0, 0.05) is 18.7 Å². The van der Waals surface area contributed by atoms with Crippen molar-refractivity contribution in [2.45, 2.75) is 23.8 Å². The number of benzene rings is 2. The Morgan fingerprint density at radius 1 is 1.21 bits per heavy atom. The fourth-order valence-corrected chi connectivity index (χ4v) is 3.97. The van der Waals surface area contributed by atoms with E-state index in [-0.39, 0.29) is 42.1 Å². The summed E-state index contributed by atoms with van der Waals surface area (Å²) >= 11 is 0. The van der Waals surface area contributed by atoms with Crippen LogP contribution in [0.2, 0.25) is 0 Å². The average Bonchev–Trinajstić information content (AvgIpc) is 3.25. The first-order valence-corrected chi connectivity index (χ1v) is 10.8. The zero-order chi connectivity index (χ0) is 20.7. The van der Waals surface area contributed by atoms with E-state index < -0.39 is 15.9 Å². The molecule has 1 aliphatic rings. The first kappa shape index (κ1) is 21.2. The van der Waals surface area contributed by atoms with Crippen LogP contribution >= 0.6 is 0 Å². The number of ether oxygens (including phenoxy) is 2.